The summed E-state index contributed by atoms with van der Waals surface area (Å²) in [6, 6.07) is 0. The highest BCUT2D eigenvalue weighted by Crippen LogP contribution is 2.15. The summed E-state index contributed by atoms with van der Waals surface area (Å²) >= 11 is 0. The highest BCUT2D eigenvalue weighted by atomic mass is 16.7. The van der Waals surface area contributed by atoms with E-state index < -0.39 is 24.8 Å². The van der Waals surface area contributed by atoms with Gasteiger partial charge in [0, 0.05) is 0 Å². The Bertz CT molecular complexity index is 316. The zero-order valence-corrected chi connectivity index (χ0v) is 11.9. The van der Waals surface area contributed by atoms with Crippen molar-refractivity contribution in [1.29, 1.82) is 0 Å². The third-order valence-electron chi connectivity index (χ3n) is 3.13. The highest BCUT2D eigenvalue weighted by molar-refractivity contribution is 5.77. The molecule has 0 N–H and O–H groups in total. The summed E-state index contributed by atoms with van der Waals surface area (Å²) in [7, 11) is 0. The molecule has 0 aromatic carbocycles. The Kier molecular flexibility index (Phi) is 6.24. The van der Waals surface area contributed by atoms with Crippen LogP contribution in [0.25, 0.3) is 0 Å². The number of carbonyl (C=O) groups excluding carboxylic acids is 2. The molecular weight excluding hydrogens is 252 g/mol. The second-order valence-corrected chi connectivity index (χ2v) is 4.72. The molecule has 1 fully saturated rings. The maximum Gasteiger partial charge on any atom is 0.346 e. The van der Waals surface area contributed by atoms with E-state index >= 15 is 0 Å². The van der Waals surface area contributed by atoms with E-state index in [4.69, 9.17) is 18.9 Å². The van der Waals surface area contributed by atoms with Gasteiger partial charge < -0.3 is 18.9 Å². The van der Waals surface area contributed by atoms with Crippen molar-refractivity contribution in [2.45, 2.75) is 52.6 Å². The third-order valence-corrected chi connectivity index (χ3v) is 3.13. The van der Waals surface area contributed by atoms with Gasteiger partial charge in [0.05, 0.1) is 18.1 Å². The normalized spacial score (nSPS) is 28.5. The Morgan fingerprint density at radius 2 is 2.00 bits per heavy atom. The average molecular weight is 274 g/mol. The van der Waals surface area contributed by atoms with Gasteiger partial charge in [-0.1, -0.05) is 13.8 Å². The van der Waals surface area contributed by atoms with Crippen molar-refractivity contribution in [2.75, 3.05) is 13.2 Å². The Morgan fingerprint density at radius 1 is 1.32 bits per heavy atom. The molecular formula is C13H22O6. The van der Waals surface area contributed by atoms with Crippen LogP contribution in [-0.4, -0.2) is 43.7 Å². The molecule has 0 bridgehead atoms. The molecule has 4 unspecified atom stereocenters. The van der Waals surface area contributed by atoms with Crippen LogP contribution in [0.1, 0.15) is 34.1 Å². The van der Waals surface area contributed by atoms with Crippen LogP contribution in [0.5, 0.6) is 0 Å². The van der Waals surface area contributed by atoms with Crippen LogP contribution in [0.3, 0.4) is 0 Å². The zero-order valence-electron chi connectivity index (χ0n) is 11.9. The minimum atomic E-state index is -0.735. The van der Waals surface area contributed by atoms with Gasteiger partial charge in [-0.2, -0.15) is 0 Å². The first-order valence-electron chi connectivity index (χ1n) is 6.57. The molecule has 110 valence electrons. The van der Waals surface area contributed by atoms with Crippen molar-refractivity contribution in [3.8, 4) is 0 Å². The largest absolute Gasteiger partial charge is 0.453 e. The van der Waals surface area contributed by atoms with Gasteiger partial charge in [-0.3, -0.25) is 4.79 Å². The number of rotatable bonds is 5. The molecule has 0 aliphatic carbocycles. The van der Waals surface area contributed by atoms with Gasteiger partial charge in [-0.15, -0.1) is 0 Å². The number of hydrogen-bond donors (Lipinski definition) is 0. The SMILES string of the molecule is CCC(C)C(=O)OCC(=O)OC1COC(C)C(C)O1. The van der Waals surface area contributed by atoms with Crippen LogP contribution < -0.4 is 0 Å². The first-order valence-corrected chi connectivity index (χ1v) is 6.57. The molecule has 0 aromatic rings. The zero-order chi connectivity index (χ0) is 14.4. The maximum atomic E-state index is 11.5. The second-order valence-electron chi connectivity index (χ2n) is 4.72. The predicted octanol–water partition coefficient (Wildman–Crippen LogP) is 1.27. The fourth-order valence-corrected chi connectivity index (χ4v) is 1.44. The molecule has 1 rings (SSSR count). The van der Waals surface area contributed by atoms with E-state index in [0.29, 0.717) is 6.42 Å². The van der Waals surface area contributed by atoms with E-state index in [9.17, 15) is 9.59 Å². The van der Waals surface area contributed by atoms with Crippen LogP contribution in [0.2, 0.25) is 0 Å². The van der Waals surface area contributed by atoms with Gasteiger partial charge in [0.15, 0.2) is 6.61 Å². The summed E-state index contributed by atoms with van der Waals surface area (Å²) in [6.45, 7) is 7.14. The summed E-state index contributed by atoms with van der Waals surface area (Å²) in [5, 5.41) is 0. The Morgan fingerprint density at radius 3 is 2.58 bits per heavy atom. The Balaban J connectivity index is 2.26. The van der Waals surface area contributed by atoms with E-state index in [-0.39, 0.29) is 24.7 Å². The van der Waals surface area contributed by atoms with E-state index in [2.05, 4.69) is 0 Å². The van der Waals surface area contributed by atoms with Gasteiger partial charge in [0.2, 0.25) is 6.29 Å². The fourth-order valence-electron chi connectivity index (χ4n) is 1.44. The minimum absolute atomic E-state index is 0.0295. The number of esters is 2. The molecule has 1 aliphatic heterocycles. The number of carbonyl (C=O) groups is 2. The van der Waals surface area contributed by atoms with Crippen molar-refractivity contribution < 1.29 is 28.5 Å². The Hall–Kier alpha value is -1.14. The standard InChI is InChI=1S/C13H22O6/c1-5-8(2)13(15)17-6-11(14)19-12-7-16-9(3)10(4)18-12/h8-10,12H,5-7H2,1-4H3. The molecule has 1 heterocycles. The van der Waals surface area contributed by atoms with Crippen molar-refractivity contribution in [3.63, 3.8) is 0 Å². The maximum absolute atomic E-state index is 11.5. The van der Waals surface area contributed by atoms with Crippen molar-refractivity contribution in [2.24, 2.45) is 5.92 Å². The lowest BCUT2D eigenvalue weighted by molar-refractivity contribution is -0.254. The summed E-state index contributed by atoms with van der Waals surface area (Å²) < 4.78 is 20.7. The first kappa shape index (κ1) is 15.9. The predicted molar refractivity (Wildman–Crippen MR) is 66.3 cm³/mol. The van der Waals surface area contributed by atoms with Crippen molar-refractivity contribution >= 4 is 11.9 Å². The van der Waals surface area contributed by atoms with Crippen LogP contribution >= 0.6 is 0 Å². The smallest absolute Gasteiger partial charge is 0.346 e. The van der Waals surface area contributed by atoms with Gasteiger partial charge in [0.1, 0.15) is 6.61 Å². The van der Waals surface area contributed by atoms with Gasteiger partial charge in [0.25, 0.3) is 0 Å². The number of ether oxygens (including phenoxy) is 4. The quantitative estimate of drug-likeness (QED) is 0.703. The molecule has 19 heavy (non-hydrogen) atoms. The van der Waals surface area contributed by atoms with Crippen LogP contribution in [0.4, 0.5) is 0 Å². The minimum Gasteiger partial charge on any atom is -0.453 e. The summed E-state index contributed by atoms with van der Waals surface area (Å²) in [4.78, 5) is 22.9. The average Bonchev–Trinajstić information content (AvgIpc) is 2.39. The van der Waals surface area contributed by atoms with E-state index in [1.54, 1.807) is 6.92 Å². The lowest BCUT2D eigenvalue weighted by Crippen LogP contribution is -2.42. The molecule has 6 heteroatoms. The molecule has 0 amide bonds. The van der Waals surface area contributed by atoms with Crippen LogP contribution in [0, 0.1) is 5.92 Å². The molecule has 6 nitrogen and oxygen atoms in total. The fraction of sp³-hybridized carbons (Fsp3) is 0.846. The molecule has 0 spiro atoms. The van der Waals surface area contributed by atoms with E-state index in [1.165, 1.54) is 0 Å². The molecule has 4 atom stereocenters. The van der Waals surface area contributed by atoms with Crippen molar-refractivity contribution in [3.05, 3.63) is 0 Å². The lowest BCUT2D eigenvalue weighted by Gasteiger charge is -2.32. The van der Waals surface area contributed by atoms with Crippen LogP contribution in [0.15, 0.2) is 0 Å². The third kappa shape index (κ3) is 5.16. The van der Waals surface area contributed by atoms with Gasteiger partial charge in [-0.05, 0) is 20.3 Å². The van der Waals surface area contributed by atoms with Gasteiger partial charge >= 0.3 is 11.9 Å². The first-order chi connectivity index (χ1) is 8.93. The molecule has 0 saturated carbocycles. The van der Waals surface area contributed by atoms with Gasteiger partial charge in [-0.25, -0.2) is 4.79 Å². The summed E-state index contributed by atoms with van der Waals surface area (Å²) in [5.74, 6) is -1.25. The van der Waals surface area contributed by atoms with E-state index in [1.807, 2.05) is 20.8 Å². The number of hydrogen-bond acceptors (Lipinski definition) is 6. The molecule has 0 radical (unpaired) electrons. The second kappa shape index (κ2) is 7.45. The molecule has 0 aromatic heterocycles. The molecule has 1 saturated heterocycles. The summed E-state index contributed by atoms with van der Waals surface area (Å²) in [6.07, 6.45) is -0.239. The summed E-state index contributed by atoms with van der Waals surface area (Å²) in [5.41, 5.74) is 0. The highest BCUT2D eigenvalue weighted by Gasteiger charge is 2.28. The Labute approximate surface area is 113 Å². The molecule has 1 aliphatic rings. The monoisotopic (exact) mass is 274 g/mol. The van der Waals surface area contributed by atoms with Crippen LogP contribution in [-0.2, 0) is 28.5 Å². The lowest BCUT2D eigenvalue weighted by atomic mass is 10.1. The van der Waals surface area contributed by atoms with Crippen molar-refractivity contribution in [1.82, 2.24) is 0 Å². The van der Waals surface area contributed by atoms with E-state index in [0.717, 1.165) is 0 Å². The topological polar surface area (TPSA) is 71.1 Å².